The molecule has 3 aromatic carbocycles. The molecular formula is C24H17ClF2N2O3. The molecule has 0 heterocycles. The van der Waals surface area contributed by atoms with Crippen LogP contribution in [0.1, 0.15) is 11.1 Å². The zero-order valence-electron chi connectivity index (χ0n) is 16.9. The zero-order chi connectivity index (χ0) is 23.1. The molecule has 3 rings (SSSR count). The van der Waals surface area contributed by atoms with Crippen LogP contribution in [0.25, 0.3) is 6.08 Å². The normalized spacial score (nSPS) is 10.9. The molecule has 5 nitrogen and oxygen atoms in total. The number of amides is 1. The van der Waals surface area contributed by atoms with Crippen LogP contribution >= 0.6 is 11.6 Å². The maximum absolute atomic E-state index is 13.8. The molecule has 32 heavy (non-hydrogen) atoms. The van der Waals surface area contributed by atoms with Crippen molar-refractivity contribution in [1.82, 2.24) is 0 Å². The molecule has 1 amide bonds. The number of hydrogen-bond acceptors (Lipinski definition) is 4. The summed E-state index contributed by atoms with van der Waals surface area (Å²) in [5.74, 6) is -1.08. The molecule has 0 atom stereocenters. The first-order valence-electron chi connectivity index (χ1n) is 9.33. The van der Waals surface area contributed by atoms with Crippen LogP contribution in [0.4, 0.5) is 14.5 Å². The molecular weight excluding hydrogens is 438 g/mol. The van der Waals surface area contributed by atoms with Crippen LogP contribution in [0, 0.1) is 23.0 Å². The van der Waals surface area contributed by atoms with E-state index in [4.69, 9.17) is 21.1 Å². The van der Waals surface area contributed by atoms with E-state index in [0.717, 1.165) is 0 Å². The Balaban J connectivity index is 1.82. The van der Waals surface area contributed by atoms with Gasteiger partial charge in [-0.2, -0.15) is 5.26 Å². The van der Waals surface area contributed by atoms with Crippen molar-refractivity contribution in [3.8, 4) is 17.6 Å². The van der Waals surface area contributed by atoms with Gasteiger partial charge < -0.3 is 14.8 Å². The molecule has 1 N–H and O–H groups in total. The Bertz CT molecular complexity index is 1200. The summed E-state index contributed by atoms with van der Waals surface area (Å²) in [6.45, 7) is -0.0680. The molecule has 0 aliphatic rings. The van der Waals surface area contributed by atoms with Gasteiger partial charge in [-0.05, 0) is 54.1 Å². The number of halogens is 3. The van der Waals surface area contributed by atoms with Gasteiger partial charge in [-0.1, -0.05) is 29.8 Å². The molecule has 0 bridgehead atoms. The Hall–Kier alpha value is -3.89. The largest absolute Gasteiger partial charge is 0.493 e. The second-order valence-electron chi connectivity index (χ2n) is 6.55. The van der Waals surface area contributed by atoms with Crippen molar-refractivity contribution < 1.29 is 23.0 Å². The van der Waals surface area contributed by atoms with Crippen LogP contribution in [0.15, 0.2) is 66.2 Å². The number of ether oxygens (including phenoxy) is 2. The van der Waals surface area contributed by atoms with Gasteiger partial charge in [0, 0.05) is 11.3 Å². The molecule has 8 heteroatoms. The van der Waals surface area contributed by atoms with Crippen molar-refractivity contribution >= 4 is 29.3 Å². The average molecular weight is 455 g/mol. The molecule has 0 aromatic heterocycles. The summed E-state index contributed by atoms with van der Waals surface area (Å²) >= 11 is 6.32. The summed E-state index contributed by atoms with van der Waals surface area (Å²) in [7, 11) is 1.40. The smallest absolute Gasteiger partial charge is 0.266 e. The minimum atomic E-state index is -0.672. The van der Waals surface area contributed by atoms with Crippen LogP contribution in [-0.4, -0.2) is 13.0 Å². The summed E-state index contributed by atoms with van der Waals surface area (Å²) in [5, 5.41) is 12.1. The molecule has 0 saturated carbocycles. The SMILES string of the molecule is COc1cc(/C=C(\C#N)C(=O)Nc2ccc(F)cc2)cc(Cl)c1OCc1ccccc1F. The first kappa shape index (κ1) is 22.8. The van der Waals surface area contributed by atoms with Crippen LogP contribution in [0.5, 0.6) is 11.5 Å². The number of nitriles is 1. The first-order valence-corrected chi connectivity index (χ1v) is 9.71. The van der Waals surface area contributed by atoms with Crippen LogP contribution < -0.4 is 14.8 Å². The standard InChI is InChI=1S/C24H17ClF2N2O3/c1-31-22-12-15(10-17(13-28)24(30)29-19-8-6-18(26)7-9-19)11-20(25)23(22)32-14-16-4-2-3-5-21(16)27/h2-12H,14H2,1H3,(H,29,30)/b17-10+. The molecule has 0 aliphatic carbocycles. The Morgan fingerprint density at radius 3 is 2.53 bits per heavy atom. The number of methoxy groups -OCH3 is 1. The van der Waals surface area contributed by atoms with Gasteiger partial charge in [-0.3, -0.25) is 4.79 Å². The quantitative estimate of drug-likeness (QED) is 0.364. The van der Waals surface area contributed by atoms with E-state index in [0.29, 0.717) is 16.8 Å². The number of carbonyl (C=O) groups excluding carboxylic acids is 1. The molecule has 162 valence electrons. The van der Waals surface area contributed by atoms with Crippen molar-refractivity contribution in [2.45, 2.75) is 6.61 Å². The van der Waals surface area contributed by atoms with E-state index in [1.165, 1.54) is 55.7 Å². The van der Waals surface area contributed by atoms with Gasteiger partial charge in [0.25, 0.3) is 5.91 Å². The molecule has 3 aromatic rings. The predicted octanol–water partition coefficient (Wildman–Crippen LogP) is 5.75. The molecule has 0 aliphatic heterocycles. The summed E-state index contributed by atoms with van der Waals surface area (Å²) in [6.07, 6.45) is 1.33. The van der Waals surface area contributed by atoms with Gasteiger partial charge in [0.1, 0.15) is 29.9 Å². The summed E-state index contributed by atoms with van der Waals surface area (Å²) in [5.41, 5.74) is 0.896. The highest BCUT2D eigenvalue weighted by Gasteiger charge is 2.15. The van der Waals surface area contributed by atoms with Crippen molar-refractivity contribution in [3.63, 3.8) is 0 Å². The monoisotopic (exact) mass is 454 g/mol. The van der Waals surface area contributed by atoms with E-state index in [9.17, 15) is 18.8 Å². The molecule has 0 fully saturated rings. The van der Waals surface area contributed by atoms with E-state index in [-0.39, 0.29) is 28.7 Å². The van der Waals surface area contributed by atoms with E-state index < -0.39 is 17.5 Å². The highest BCUT2D eigenvalue weighted by Crippen LogP contribution is 2.37. The van der Waals surface area contributed by atoms with Gasteiger partial charge in [0.05, 0.1) is 12.1 Å². The molecule has 0 unspecified atom stereocenters. The lowest BCUT2D eigenvalue weighted by atomic mass is 10.1. The van der Waals surface area contributed by atoms with Gasteiger partial charge in [0.2, 0.25) is 0 Å². The number of rotatable bonds is 7. The Labute approximate surface area is 188 Å². The number of anilines is 1. The van der Waals surface area contributed by atoms with E-state index in [2.05, 4.69) is 5.32 Å². The number of carbonyl (C=O) groups is 1. The van der Waals surface area contributed by atoms with Crippen molar-refractivity contribution in [3.05, 3.63) is 94.0 Å². The first-order chi connectivity index (χ1) is 15.4. The summed E-state index contributed by atoms with van der Waals surface area (Å²) < 4.78 is 37.8. The van der Waals surface area contributed by atoms with Crippen LogP contribution in [0.3, 0.4) is 0 Å². The highest BCUT2D eigenvalue weighted by atomic mass is 35.5. The molecule has 0 radical (unpaired) electrons. The average Bonchev–Trinajstić information content (AvgIpc) is 2.78. The fraction of sp³-hybridized carbons (Fsp3) is 0.0833. The van der Waals surface area contributed by atoms with Gasteiger partial charge in [0.15, 0.2) is 11.5 Å². The predicted molar refractivity (Wildman–Crippen MR) is 117 cm³/mol. The Morgan fingerprint density at radius 2 is 1.88 bits per heavy atom. The maximum atomic E-state index is 13.8. The van der Waals surface area contributed by atoms with Gasteiger partial charge >= 0.3 is 0 Å². The second kappa shape index (κ2) is 10.4. The topological polar surface area (TPSA) is 71.3 Å². The molecule has 0 saturated heterocycles. The van der Waals surface area contributed by atoms with Gasteiger partial charge in [-0.25, -0.2) is 8.78 Å². The summed E-state index contributed by atoms with van der Waals surface area (Å²) in [6, 6.07) is 16.2. The van der Waals surface area contributed by atoms with E-state index in [1.54, 1.807) is 18.2 Å². The van der Waals surface area contributed by atoms with Crippen molar-refractivity contribution in [2.24, 2.45) is 0 Å². The minimum Gasteiger partial charge on any atom is -0.493 e. The zero-order valence-corrected chi connectivity index (χ0v) is 17.6. The van der Waals surface area contributed by atoms with Crippen molar-refractivity contribution in [1.29, 1.82) is 5.26 Å². The lowest BCUT2D eigenvalue weighted by Gasteiger charge is -2.14. The lowest BCUT2D eigenvalue weighted by molar-refractivity contribution is -0.112. The number of benzene rings is 3. The third-order valence-electron chi connectivity index (χ3n) is 4.36. The van der Waals surface area contributed by atoms with E-state index in [1.807, 2.05) is 6.07 Å². The number of nitrogens with one attached hydrogen (secondary N) is 1. The fourth-order valence-electron chi connectivity index (χ4n) is 2.78. The number of nitrogens with zero attached hydrogens (tertiary/aromatic N) is 1. The second-order valence-corrected chi connectivity index (χ2v) is 6.95. The van der Waals surface area contributed by atoms with Gasteiger partial charge in [-0.15, -0.1) is 0 Å². The lowest BCUT2D eigenvalue weighted by Crippen LogP contribution is -2.13. The van der Waals surface area contributed by atoms with Crippen LogP contribution in [0.2, 0.25) is 5.02 Å². The Kier molecular flexibility index (Phi) is 7.42. The third kappa shape index (κ3) is 5.62. The minimum absolute atomic E-state index is 0.0680. The van der Waals surface area contributed by atoms with Crippen LogP contribution in [-0.2, 0) is 11.4 Å². The fourth-order valence-corrected chi connectivity index (χ4v) is 3.05. The maximum Gasteiger partial charge on any atom is 0.266 e. The van der Waals surface area contributed by atoms with Crippen molar-refractivity contribution in [2.75, 3.05) is 12.4 Å². The summed E-state index contributed by atoms with van der Waals surface area (Å²) in [4.78, 5) is 12.4. The van der Waals surface area contributed by atoms with E-state index >= 15 is 0 Å². The third-order valence-corrected chi connectivity index (χ3v) is 4.64. The molecule has 0 spiro atoms. The number of hydrogen-bond donors (Lipinski definition) is 1. The highest BCUT2D eigenvalue weighted by molar-refractivity contribution is 6.32. The Morgan fingerprint density at radius 1 is 1.16 bits per heavy atom.